The Labute approximate surface area is 131 Å². The molecule has 4 rings (SSSR count). The topological polar surface area (TPSA) is 72.4 Å². The predicted molar refractivity (Wildman–Crippen MR) is 85.8 cm³/mol. The number of hydrogen-bond acceptors (Lipinski definition) is 5. The average Bonchev–Trinajstić information content (AvgIpc) is 2.99. The van der Waals surface area contributed by atoms with Crippen molar-refractivity contribution >= 4 is 27.6 Å². The van der Waals surface area contributed by atoms with Gasteiger partial charge in [-0.25, -0.2) is 9.97 Å². The number of ether oxygens (including phenoxy) is 2. The van der Waals surface area contributed by atoms with E-state index in [1.54, 1.807) is 24.7 Å². The van der Waals surface area contributed by atoms with E-state index in [4.69, 9.17) is 9.47 Å². The summed E-state index contributed by atoms with van der Waals surface area (Å²) in [4.78, 5) is 9.11. The Morgan fingerprint density at radius 1 is 1.00 bits per heavy atom. The van der Waals surface area contributed by atoms with Gasteiger partial charge in [0.1, 0.15) is 11.7 Å². The predicted octanol–water partition coefficient (Wildman–Crippen LogP) is 2.92. The minimum absolute atomic E-state index is 0.286. The maximum Gasteiger partial charge on any atom is 0.219 e. The molecule has 0 saturated heterocycles. The molecule has 6 heteroatoms. The average molecular weight is 304 g/mol. The molecule has 0 saturated carbocycles. The van der Waals surface area contributed by atoms with E-state index in [1.165, 1.54) is 0 Å². The molecule has 0 amide bonds. The first kappa shape index (κ1) is 13.3. The van der Waals surface area contributed by atoms with Crippen LogP contribution in [0.2, 0.25) is 0 Å². The third-order valence-corrected chi connectivity index (χ3v) is 3.84. The number of rotatable bonds is 2. The van der Waals surface area contributed by atoms with Crippen LogP contribution in [0.4, 0.5) is 0 Å². The van der Waals surface area contributed by atoms with Gasteiger partial charge in [0.2, 0.25) is 5.82 Å². The lowest BCUT2D eigenvalue weighted by Gasteiger charge is -2.10. The van der Waals surface area contributed by atoms with E-state index in [1.807, 2.05) is 30.3 Å². The molecule has 2 aromatic carbocycles. The van der Waals surface area contributed by atoms with E-state index in [9.17, 15) is 5.26 Å². The molecule has 2 aromatic heterocycles. The van der Waals surface area contributed by atoms with Crippen molar-refractivity contribution in [2.24, 2.45) is 0 Å². The van der Waals surface area contributed by atoms with E-state index in [-0.39, 0.29) is 5.82 Å². The van der Waals surface area contributed by atoms with Gasteiger partial charge in [-0.2, -0.15) is 5.26 Å². The fraction of sp³-hybridized carbons (Fsp3) is 0.118. The molecule has 0 spiro atoms. The van der Waals surface area contributed by atoms with Crippen molar-refractivity contribution in [1.29, 1.82) is 5.26 Å². The summed E-state index contributed by atoms with van der Waals surface area (Å²) in [5.74, 6) is 1.45. The fourth-order valence-electron chi connectivity index (χ4n) is 2.80. The first-order chi connectivity index (χ1) is 11.3. The van der Waals surface area contributed by atoms with Crippen molar-refractivity contribution in [1.82, 2.24) is 14.4 Å². The molecule has 0 fully saturated rings. The van der Waals surface area contributed by atoms with Gasteiger partial charge in [0.25, 0.3) is 0 Å². The van der Waals surface area contributed by atoms with Crippen molar-refractivity contribution < 1.29 is 9.47 Å². The highest BCUT2D eigenvalue weighted by Gasteiger charge is 2.16. The zero-order valence-corrected chi connectivity index (χ0v) is 12.6. The van der Waals surface area contributed by atoms with Crippen molar-refractivity contribution in [3.05, 3.63) is 42.2 Å². The highest BCUT2D eigenvalue weighted by atomic mass is 16.5. The van der Waals surface area contributed by atoms with Crippen molar-refractivity contribution in [2.45, 2.75) is 0 Å². The Morgan fingerprint density at radius 2 is 1.74 bits per heavy atom. The van der Waals surface area contributed by atoms with Gasteiger partial charge in [-0.05, 0) is 18.2 Å². The molecule has 0 aliphatic heterocycles. The molecular weight excluding hydrogens is 292 g/mol. The summed E-state index contributed by atoms with van der Waals surface area (Å²) < 4.78 is 12.5. The van der Waals surface area contributed by atoms with Gasteiger partial charge in [-0.15, -0.1) is 0 Å². The second kappa shape index (κ2) is 4.85. The number of nitriles is 1. The Kier molecular flexibility index (Phi) is 2.81. The van der Waals surface area contributed by atoms with Gasteiger partial charge < -0.3 is 9.47 Å². The van der Waals surface area contributed by atoms with Crippen molar-refractivity contribution in [2.75, 3.05) is 14.2 Å². The van der Waals surface area contributed by atoms with Crippen LogP contribution < -0.4 is 9.47 Å². The quantitative estimate of drug-likeness (QED) is 0.569. The Balaban J connectivity index is 2.25. The van der Waals surface area contributed by atoms with Crippen LogP contribution in [0.3, 0.4) is 0 Å². The SMILES string of the molecule is COc1cc2nc(C#N)n3c4ccccc4nc3c2cc1OC. The third-order valence-electron chi connectivity index (χ3n) is 3.84. The second-order valence-corrected chi connectivity index (χ2v) is 5.03. The number of benzene rings is 2. The normalized spacial score (nSPS) is 11.0. The Morgan fingerprint density at radius 3 is 2.48 bits per heavy atom. The molecule has 0 unspecified atom stereocenters. The smallest absolute Gasteiger partial charge is 0.219 e. The van der Waals surface area contributed by atoms with Crippen LogP contribution in [0.1, 0.15) is 5.82 Å². The summed E-state index contributed by atoms with van der Waals surface area (Å²) in [6, 6.07) is 13.4. The molecule has 0 atom stereocenters. The Bertz CT molecular complexity index is 1110. The van der Waals surface area contributed by atoms with Crippen LogP contribution in [0, 0.1) is 11.3 Å². The fourth-order valence-corrected chi connectivity index (χ4v) is 2.80. The maximum absolute atomic E-state index is 9.48. The molecule has 0 N–H and O–H groups in total. The van der Waals surface area contributed by atoms with Gasteiger partial charge in [0.15, 0.2) is 11.5 Å². The van der Waals surface area contributed by atoms with Crippen LogP contribution in [0.15, 0.2) is 36.4 Å². The van der Waals surface area contributed by atoms with Crippen LogP contribution in [0.25, 0.3) is 27.6 Å². The van der Waals surface area contributed by atoms with E-state index in [0.717, 1.165) is 16.4 Å². The van der Waals surface area contributed by atoms with Gasteiger partial charge in [0.05, 0.1) is 30.8 Å². The molecular formula is C17H12N4O2. The second-order valence-electron chi connectivity index (χ2n) is 5.03. The largest absolute Gasteiger partial charge is 0.493 e. The first-order valence-corrected chi connectivity index (χ1v) is 7.00. The Hall–Kier alpha value is -3.33. The zero-order valence-electron chi connectivity index (χ0n) is 12.6. The molecule has 0 aliphatic carbocycles. The molecule has 2 heterocycles. The van der Waals surface area contributed by atoms with Crippen molar-refractivity contribution in [3.8, 4) is 17.6 Å². The third kappa shape index (κ3) is 1.80. The number of fused-ring (bicyclic) bond motifs is 5. The lowest BCUT2D eigenvalue weighted by atomic mass is 10.2. The molecule has 6 nitrogen and oxygen atoms in total. The molecule has 23 heavy (non-hydrogen) atoms. The highest BCUT2D eigenvalue weighted by molar-refractivity contribution is 5.98. The van der Waals surface area contributed by atoms with Crippen LogP contribution >= 0.6 is 0 Å². The van der Waals surface area contributed by atoms with E-state index in [2.05, 4.69) is 16.0 Å². The van der Waals surface area contributed by atoms with Gasteiger partial charge in [-0.1, -0.05) is 12.1 Å². The summed E-state index contributed by atoms with van der Waals surface area (Å²) in [5.41, 5.74) is 2.98. The number of methoxy groups -OCH3 is 2. The van der Waals surface area contributed by atoms with E-state index >= 15 is 0 Å². The van der Waals surface area contributed by atoms with Crippen LogP contribution in [-0.2, 0) is 0 Å². The van der Waals surface area contributed by atoms with E-state index < -0.39 is 0 Å². The highest BCUT2D eigenvalue weighted by Crippen LogP contribution is 2.34. The number of nitrogens with zero attached hydrogens (tertiary/aromatic N) is 4. The number of aromatic nitrogens is 3. The van der Waals surface area contributed by atoms with Gasteiger partial charge in [0, 0.05) is 11.5 Å². The van der Waals surface area contributed by atoms with Crippen molar-refractivity contribution in [3.63, 3.8) is 0 Å². The minimum Gasteiger partial charge on any atom is -0.493 e. The lowest BCUT2D eigenvalue weighted by Crippen LogP contribution is -1.99. The van der Waals surface area contributed by atoms with Crippen LogP contribution in [-0.4, -0.2) is 28.6 Å². The summed E-state index contributed by atoms with van der Waals surface area (Å²) in [7, 11) is 3.15. The standard InChI is InChI=1S/C17H12N4O2/c1-22-14-7-10-12(8-15(14)23-2)19-16(9-18)21-13-6-4-3-5-11(13)20-17(10)21/h3-8H,1-2H3. The number of imidazole rings is 1. The molecule has 4 aromatic rings. The van der Waals surface area contributed by atoms with Gasteiger partial charge >= 0.3 is 0 Å². The first-order valence-electron chi connectivity index (χ1n) is 7.00. The number of para-hydroxylation sites is 2. The van der Waals surface area contributed by atoms with Crippen LogP contribution in [0.5, 0.6) is 11.5 Å². The molecule has 0 aliphatic rings. The lowest BCUT2D eigenvalue weighted by molar-refractivity contribution is 0.356. The summed E-state index contributed by atoms with van der Waals surface area (Å²) >= 11 is 0. The monoisotopic (exact) mass is 304 g/mol. The summed E-state index contributed by atoms with van der Waals surface area (Å²) in [6.45, 7) is 0. The molecule has 0 bridgehead atoms. The van der Waals surface area contributed by atoms with E-state index in [0.29, 0.717) is 22.7 Å². The summed E-state index contributed by atoms with van der Waals surface area (Å²) in [6.07, 6.45) is 0. The van der Waals surface area contributed by atoms with Gasteiger partial charge in [-0.3, -0.25) is 4.40 Å². The zero-order chi connectivity index (χ0) is 16.0. The molecule has 0 radical (unpaired) electrons. The molecule has 112 valence electrons. The number of hydrogen-bond donors (Lipinski definition) is 0. The summed E-state index contributed by atoms with van der Waals surface area (Å²) in [5, 5.41) is 10.3. The minimum atomic E-state index is 0.286. The maximum atomic E-state index is 9.48.